The van der Waals surface area contributed by atoms with Crippen molar-refractivity contribution in [2.24, 2.45) is 0 Å². The van der Waals surface area contributed by atoms with Crippen LogP contribution in [0.15, 0.2) is 395 Å². The first-order valence-corrected chi connectivity index (χ1v) is 45.1. The van der Waals surface area contributed by atoms with Crippen LogP contribution in [0.5, 0.6) is 23.0 Å². The molecule has 22 rings (SSSR count). The zero-order chi connectivity index (χ0) is 95.6. The van der Waals surface area contributed by atoms with Crippen molar-refractivity contribution in [1.29, 1.82) is 0 Å². The average molecular weight is 2380 g/mol. The molecule has 2 aliphatic rings. The molecule has 0 N–H and O–H groups in total. The monoisotopic (exact) mass is 2380 g/mol. The van der Waals surface area contributed by atoms with Gasteiger partial charge in [0.05, 0.1) is 22.6 Å². The number of aryl methyl sites for hydroxylation is 6. The molecular formula is C124H90F3N9O2Pt3. The summed E-state index contributed by atoms with van der Waals surface area (Å²) in [5.74, 6) is 9.45. The molecule has 7 aromatic heterocycles. The second kappa shape index (κ2) is 47.1. The van der Waals surface area contributed by atoms with Gasteiger partial charge >= 0.3 is 69.4 Å². The molecule has 0 saturated carbocycles. The van der Waals surface area contributed by atoms with Crippen molar-refractivity contribution < 1.29 is 85.8 Å². The van der Waals surface area contributed by atoms with Gasteiger partial charge < -0.3 is 64.0 Å². The molecule has 0 fully saturated rings. The number of rotatable bonds is 13. The van der Waals surface area contributed by atoms with E-state index >= 15 is 0 Å². The van der Waals surface area contributed by atoms with E-state index in [0.29, 0.717) is 11.7 Å². The molecule has 13 aromatic carbocycles. The van der Waals surface area contributed by atoms with Crippen molar-refractivity contribution in [1.82, 2.24) is 34.5 Å². The van der Waals surface area contributed by atoms with E-state index in [9.17, 15) is 13.2 Å². The third kappa shape index (κ3) is 23.5. The number of pyridine rings is 6. The second-order valence-electron chi connectivity index (χ2n) is 32.9. The molecule has 0 spiro atoms. The van der Waals surface area contributed by atoms with Gasteiger partial charge in [-0.2, -0.15) is 13.2 Å². The first-order chi connectivity index (χ1) is 67.4. The number of nitrogens with zero attached hydrogens (tertiary/aromatic N) is 9. The van der Waals surface area contributed by atoms with Crippen LogP contribution in [0.1, 0.15) is 58.7 Å². The predicted molar refractivity (Wildman–Crippen MR) is 552 cm³/mol. The van der Waals surface area contributed by atoms with Crippen LogP contribution in [0, 0.1) is 96.8 Å². The summed E-state index contributed by atoms with van der Waals surface area (Å²) in [5, 5.41) is 2.32. The minimum absolute atomic E-state index is 0. The normalized spacial score (nSPS) is 11.0. The largest absolute Gasteiger partial charge is 2.00 e. The van der Waals surface area contributed by atoms with Gasteiger partial charge in [0.1, 0.15) is 17.2 Å². The van der Waals surface area contributed by atoms with Gasteiger partial charge in [-0.15, -0.1) is 101 Å². The number of unbranched alkanes of at least 4 members (excludes halogenated alkanes) is 1. The SMILES string of the molecule is Cc1cc(-c2ccccc2)cc(C)c1-c1ccnc(-c2[c-]c(-n3c4ccccc4c4cccnc43)ccc2)c1.Cc1cc(-c2ccccc2)cc(C)c1-c1ccnc(-c2[c-]c(N3c4ccccc4Oc4cccnc43)ccc2)c1.Cc1cc(-c2ccccc2)cc(C)c1-c1ccnc(-c2[c-]c3c(cc2)Oc2ccccc2N3c2ccccn2)c1.[C-]#CC(F)(F)F.[C-]#CCCC.[C-]#Cc1ccccc1.[Pt+2].[Pt+2].[Pt+2]. The summed E-state index contributed by atoms with van der Waals surface area (Å²) in [6.45, 7) is 15.1. The van der Waals surface area contributed by atoms with Crippen LogP contribution in [0.3, 0.4) is 0 Å². The molecule has 11 nitrogen and oxygen atoms in total. The van der Waals surface area contributed by atoms with Gasteiger partial charge in [0.25, 0.3) is 0 Å². The van der Waals surface area contributed by atoms with Crippen LogP contribution >= 0.6 is 0 Å². The van der Waals surface area contributed by atoms with Gasteiger partial charge in [-0.3, -0.25) is 5.92 Å². The van der Waals surface area contributed by atoms with Gasteiger partial charge in [0, 0.05) is 53.6 Å². The van der Waals surface area contributed by atoms with Crippen molar-refractivity contribution in [2.45, 2.75) is 67.5 Å². The number of para-hydroxylation sites is 5. The van der Waals surface area contributed by atoms with Crippen LogP contribution in [0.2, 0.25) is 0 Å². The van der Waals surface area contributed by atoms with E-state index in [4.69, 9.17) is 48.7 Å². The van der Waals surface area contributed by atoms with Gasteiger partial charge in [0.15, 0.2) is 17.3 Å². The van der Waals surface area contributed by atoms with Crippen molar-refractivity contribution in [3.8, 4) is 147 Å². The van der Waals surface area contributed by atoms with E-state index in [1.807, 2.05) is 177 Å². The fraction of sp³-hybridized carbons (Fsp3) is 0.0806. The van der Waals surface area contributed by atoms with Crippen LogP contribution in [-0.2, 0) is 63.2 Å². The van der Waals surface area contributed by atoms with Crippen molar-refractivity contribution in [3.63, 3.8) is 0 Å². The number of hydrogen-bond acceptors (Lipinski definition) is 10. The third-order valence-corrected chi connectivity index (χ3v) is 23.4. The molecule has 0 unspecified atom stereocenters. The Morgan fingerprint density at radius 3 is 1.20 bits per heavy atom. The predicted octanol–water partition coefficient (Wildman–Crippen LogP) is 32.1. The number of alkyl halides is 3. The Balaban J connectivity index is 0.000000152. The smallest absolute Gasteiger partial charge is 0.694 e. The summed E-state index contributed by atoms with van der Waals surface area (Å²) in [5.41, 5.74) is 34.7. The van der Waals surface area contributed by atoms with Gasteiger partial charge in [-0.05, 0) is 268 Å². The first-order valence-electron chi connectivity index (χ1n) is 45.1. The quantitative estimate of drug-likeness (QED) is 0.0818. The third-order valence-electron chi connectivity index (χ3n) is 23.4. The number of ether oxygens (including phenoxy) is 2. The standard InChI is InChI=1S/2C36H26N3O.C36H26N3.C8H5.C5H7.C3F3.3Pt/c1-24-20-29(26-10-4-3-5-11-26)21-25(2)35(24)28-17-19-37-31(23-28)27-12-8-13-30(22-27)39-32-14-6-7-15-33(32)40-34-16-9-18-38-36(34)39;1-24-20-29(26-10-4-3-5-11-26)21-25(2)36(24)28-17-19-37-30(22-28)27-15-16-34-32(23-27)39(35-14-8-9-18-38-35)31-12-6-7-13-33(31)40-34;1-24-20-29(26-10-4-3-5-11-26)21-25(2)35(24)28-17-19-37-33(23-28)27-12-8-13-30(22-27)39-34-16-7-6-14-31(34)32-15-9-18-38-36(32)39;1-2-8-6-4-3-5-7-8;1-3-5-4-2;1-2-3(4,5)6;;;/h3-21,23H,1-2H3;3-22H,1-2H3;3-21,23H,1-2H3;3-7H;3,5H2,1H3;;;;/q6*-1;3*+2. The molecule has 0 bridgehead atoms. The topological polar surface area (TPSA) is 107 Å². The van der Waals surface area contributed by atoms with Crippen molar-refractivity contribution >= 4 is 56.3 Å². The summed E-state index contributed by atoms with van der Waals surface area (Å²) < 4.78 is 46.1. The molecule has 9 heterocycles. The maximum atomic E-state index is 10.5. The maximum Gasteiger partial charge on any atom is 2.00 e. The average Bonchev–Trinajstić information content (AvgIpc) is 1.71. The fourth-order valence-corrected chi connectivity index (χ4v) is 17.4. The minimum atomic E-state index is -4.54. The van der Waals surface area contributed by atoms with Crippen LogP contribution in [-0.4, -0.2) is 40.6 Å². The van der Waals surface area contributed by atoms with E-state index in [1.54, 1.807) is 12.4 Å². The number of aromatic nitrogens is 7. The van der Waals surface area contributed by atoms with E-state index in [2.05, 4.69) is 308 Å². The molecule has 0 aliphatic carbocycles. The Labute approximate surface area is 865 Å². The minimum Gasteiger partial charge on any atom is -0.694 e. The van der Waals surface area contributed by atoms with E-state index in [1.165, 1.54) is 88.8 Å². The molecule has 0 atom stereocenters. The van der Waals surface area contributed by atoms with Crippen molar-refractivity contribution in [3.05, 3.63) is 472 Å². The molecule has 694 valence electrons. The Morgan fingerprint density at radius 2 is 0.738 bits per heavy atom. The molecule has 2 aliphatic heterocycles. The summed E-state index contributed by atoms with van der Waals surface area (Å²) in [6, 6.07) is 133. The zero-order valence-electron chi connectivity index (χ0n) is 77.9. The van der Waals surface area contributed by atoms with Gasteiger partial charge in [0.2, 0.25) is 0 Å². The first kappa shape index (κ1) is 101. The van der Waals surface area contributed by atoms with Crippen LogP contribution in [0.4, 0.5) is 47.6 Å². The molecule has 17 heteroatoms. The van der Waals surface area contributed by atoms with Crippen LogP contribution in [0.25, 0.3) is 128 Å². The summed E-state index contributed by atoms with van der Waals surface area (Å²) >= 11 is 0. The Bertz CT molecular complexity index is 7700. The summed E-state index contributed by atoms with van der Waals surface area (Å²) in [7, 11) is 0. The van der Waals surface area contributed by atoms with Crippen molar-refractivity contribution in [2.75, 3.05) is 9.80 Å². The Kier molecular flexibility index (Phi) is 33.8. The summed E-state index contributed by atoms with van der Waals surface area (Å²) in [4.78, 5) is 32.4. The number of fused-ring (bicyclic) bond motifs is 7. The summed E-state index contributed by atoms with van der Waals surface area (Å²) in [6.07, 6.45) is 26.9. The van der Waals surface area contributed by atoms with Gasteiger partial charge in [-0.25, -0.2) is 20.9 Å². The molecule has 0 amide bonds. The second-order valence-corrected chi connectivity index (χ2v) is 32.9. The molecule has 0 saturated heterocycles. The Morgan fingerprint density at radius 1 is 0.333 bits per heavy atom. The molecule has 20 aromatic rings. The van der Waals surface area contributed by atoms with Crippen LogP contribution < -0.4 is 19.3 Å². The molecule has 0 radical (unpaired) electrons. The number of benzene rings is 13. The number of halogens is 3. The maximum absolute atomic E-state index is 10.5. The van der Waals surface area contributed by atoms with E-state index < -0.39 is 6.18 Å². The molecule has 141 heavy (non-hydrogen) atoms. The molecular weight excluding hydrogens is 2290 g/mol. The number of hydrogen-bond donors (Lipinski definition) is 0. The fourth-order valence-electron chi connectivity index (χ4n) is 17.4. The van der Waals surface area contributed by atoms with E-state index in [0.717, 1.165) is 143 Å². The van der Waals surface area contributed by atoms with E-state index in [-0.39, 0.29) is 63.2 Å². The van der Waals surface area contributed by atoms with Gasteiger partial charge in [-0.1, -0.05) is 219 Å². The number of anilines is 6. The zero-order valence-corrected chi connectivity index (χ0v) is 84.7. The Hall–Kier alpha value is -15.7.